The SMILES string of the molecule is C#CCCCN1CC(C(C)CC)NCC1c1ccccc1. The first kappa shape index (κ1) is 16.1. The standard InChI is InChI=1S/C19H28N2/c1-4-6-10-13-21-15-18(16(3)5-2)20-14-19(21)17-11-8-7-9-12-17/h1,7-9,11-12,16,18-20H,5-6,10,13-15H2,2-3H3. The Bertz CT molecular complexity index is 448. The summed E-state index contributed by atoms with van der Waals surface area (Å²) in [6.45, 7) is 7.88. The van der Waals surface area contributed by atoms with Crippen LogP contribution in [0.25, 0.3) is 0 Å². The molecule has 0 bridgehead atoms. The molecule has 1 aromatic rings. The second kappa shape index (κ2) is 8.22. The van der Waals surface area contributed by atoms with E-state index in [1.54, 1.807) is 0 Å². The highest BCUT2D eigenvalue weighted by atomic mass is 15.2. The topological polar surface area (TPSA) is 15.3 Å². The third-order valence-corrected chi connectivity index (χ3v) is 4.73. The monoisotopic (exact) mass is 284 g/mol. The summed E-state index contributed by atoms with van der Waals surface area (Å²) >= 11 is 0. The first-order valence-corrected chi connectivity index (χ1v) is 8.22. The van der Waals surface area contributed by atoms with Gasteiger partial charge in [0, 0.05) is 31.6 Å². The van der Waals surface area contributed by atoms with Crippen LogP contribution in [0.2, 0.25) is 0 Å². The van der Waals surface area contributed by atoms with Gasteiger partial charge in [-0.15, -0.1) is 12.3 Å². The van der Waals surface area contributed by atoms with Crippen molar-refractivity contribution in [2.45, 2.75) is 45.2 Å². The molecule has 0 saturated carbocycles. The molecule has 114 valence electrons. The zero-order chi connectivity index (χ0) is 15.1. The molecule has 2 heteroatoms. The van der Waals surface area contributed by atoms with Crippen molar-refractivity contribution < 1.29 is 0 Å². The number of rotatable bonds is 6. The van der Waals surface area contributed by atoms with E-state index in [1.807, 2.05) is 0 Å². The third-order valence-electron chi connectivity index (χ3n) is 4.73. The molecule has 0 aromatic heterocycles. The van der Waals surface area contributed by atoms with E-state index in [2.05, 4.69) is 60.3 Å². The zero-order valence-corrected chi connectivity index (χ0v) is 13.4. The molecule has 1 aliphatic heterocycles. The van der Waals surface area contributed by atoms with Crippen LogP contribution >= 0.6 is 0 Å². The highest BCUT2D eigenvalue weighted by Gasteiger charge is 2.30. The predicted octanol–water partition coefficient (Wildman–Crippen LogP) is 3.46. The lowest BCUT2D eigenvalue weighted by Gasteiger charge is -2.42. The van der Waals surface area contributed by atoms with E-state index in [0.29, 0.717) is 12.1 Å². The van der Waals surface area contributed by atoms with Crippen LogP contribution in [0.4, 0.5) is 0 Å². The van der Waals surface area contributed by atoms with E-state index in [-0.39, 0.29) is 0 Å². The van der Waals surface area contributed by atoms with E-state index in [0.717, 1.165) is 38.4 Å². The van der Waals surface area contributed by atoms with Crippen molar-refractivity contribution in [3.63, 3.8) is 0 Å². The Morgan fingerprint density at radius 3 is 2.81 bits per heavy atom. The lowest BCUT2D eigenvalue weighted by Crippen LogP contribution is -2.54. The lowest BCUT2D eigenvalue weighted by atomic mass is 9.93. The average Bonchev–Trinajstić information content (AvgIpc) is 2.55. The fraction of sp³-hybridized carbons (Fsp3) is 0.579. The number of unbranched alkanes of at least 4 members (excludes halogenated alkanes) is 1. The number of hydrogen-bond donors (Lipinski definition) is 1. The summed E-state index contributed by atoms with van der Waals surface area (Å²) < 4.78 is 0. The average molecular weight is 284 g/mol. The molecule has 1 heterocycles. The zero-order valence-electron chi connectivity index (χ0n) is 13.4. The Kier molecular flexibility index (Phi) is 6.29. The van der Waals surface area contributed by atoms with Crippen LogP contribution in [0.15, 0.2) is 30.3 Å². The number of nitrogens with one attached hydrogen (secondary N) is 1. The molecular formula is C19H28N2. The summed E-state index contributed by atoms with van der Waals surface area (Å²) in [6, 6.07) is 11.9. The third kappa shape index (κ3) is 4.33. The maximum absolute atomic E-state index is 5.41. The molecule has 1 saturated heterocycles. The van der Waals surface area contributed by atoms with Gasteiger partial charge in [0.2, 0.25) is 0 Å². The van der Waals surface area contributed by atoms with Gasteiger partial charge in [-0.2, -0.15) is 0 Å². The van der Waals surface area contributed by atoms with Gasteiger partial charge < -0.3 is 5.32 Å². The maximum atomic E-state index is 5.41. The van der Waals surface area contributed by atoms with Crippen LogP contribution in [0.1, 0.15) is 44.7 Å². The minimum atomic E-state index is 0.476. The van der Waals surface area contributed by atoms with Crippen LogP contribution in [0, 0.1) is 18.3 Å². The second-order valence-electron chi connectivity index (χ2n) is 6.13. The van der Waals surface area contributed by atoms with Crippen LogP contribution in [0.3, 0.4) is 0 Å². The Morgan fingerprint density at radius 1 is 1.38 bits per heavy atom. The van der Waals surface area contributed by atoms with Gasteiger partial charge in [0.05, 0.1) is 0 Å². The fourth-order valence-electron chi connectivity index (χ4n) is 3.14. The van der Waals surface area contributed by atoms with Gasteiger partial charge in [-0.3, -0.25) is 4.90 Å². The molecular weight excluding hydrogens is 256 g/mol. The molecule has 0 radical (unpaired) electrons. The van der Waals surface area contributed by atoms with E-state index in [4.69, 9.17) is 6.42 Å². The molecule has 1 aromatic carbocycles. The molecule has 0 spiro atoms. The van der Waals surface area contributed by atoms with Crippen molar-refractivity contribution in [3.05, 3.63) is 35.9 Å². The minimum Gasteiger partial charge on any atom is -0.311 e. The first-order valence-electron chi connectivity index (χ1n) is 8.22. The van der Waals surface area contributed by atoms with E-state index >= 15 is 0 Å². The van der Waals surface area contributed by atoms with Crippen molar-refractivity contribution in [2.75, 3.05) is 19.6 Å². The molecule has 1 N–H and O–H groups in total. The molecule has 2 nitrogen and oxygen atoms in total. The van der Waals surface area contributed by atoms with Crippen molar-refractivity contribution in [1.82, 2.24) is 10.2 Å². The van der Waals surface area contributed by atoms with Gasteiger partial charge in [-0.1, -0.05) is 50.6 Å². The summed E-state index contributed by atoms with van der Waals surface area (Å²) in [5.41, 5.74) is 1.41. The molecule has 21 heavy (non-hydrogen) atoms. The van der Waals surface area contributed by atoms with Crippen molar-refractivity contribution in [1.29, 1.82) is 0 Å². The van der Waals surface area contributed by atoms with Crippen LogP contribution in [-0.4, -0.2) is 30.6 Å². The Balaban J connectivity index is 2.06. The predicted molar refractivity (Wildman–Crippen MR) is 90.1 cm³/mol. The molecule has 3 atom stereocenters. The summed E-state index contributed by atoms with van der Waals surface area (Å²) in [4.78, 5) is 2.62. The Hall–Kier alpha value is -1.30. The summed E-state index contributed by atoms with van der Waals surface area (Å²) in [5, 5.41) is 3.76. The van der Waals surface area contributed by atoms with Gasteiger partial charge in [0.1, 0.15) is 0 Å². The maximum Gasteiger partial charge on any atom is 0.0473 e. The first-order chi connectivity index (χ1) is 10.3. The smallest absolute Gasteiger partial charge is 0.0473 e. The summed E-state index contributed by atoms with van der Waals surface area (Å²) in [6.07, 6.45) is 8.60. The highest BCUT2D eigenvalue weighted by Crippen LogP contribution is 2.26. The van der Waals surface area contributed by atoms with Crippen LogP contribution in [-0.2, 0) is 0 Å². The number of terminal acetylenes is 1. The summed E-state index contributed by atoms with van der Waals surface area (Å²) in [7, 11) is 0. The quantitative estimate of drug-likeness (QED) is 0.636. The fourth-order valence-corrected chi connectivity index (χ4v) is 3.14. The molecule has 1 aliphatic rings. The lowest BCUT2D eigenvalue weighted by molar-refractivity contribution is 0.108. The molecule has 3 unspecified atom stereocenters. The number of piperazine rings is 1. The summed E-state index contributed by atoms with van der Waals surface area (Å²) in [5.74, 6) is 3.48. The van der Waals surface area contributed by atoms with Gasteiger partial charge in [0.15, 0.2) is 0 Å². The number of benzene rings is 1. The Morgan fingerprint density at radius 2 is 2.14 bits per heavy atom. The van der Waals surface area contributed by atoms with Crippen molar-refractivity contribution in [3.8, 4) is 12.3 Å². The van der Waals surface area contributed by atoms with Crippen molar-refractivity contribution >= 4 is 0 Å². The van der Waals surface area contributed by atoms with Gasteiger partial charge in [0.25, 0.3) is 0 Å². The molecule has 0 amide bonds. The van der Waals surface area contributed by atoms with E-state index in [1.165, 1.54) is 12.0 Å². The van der Waals surface area contributed by atoms with E-state index < -0.39 is 0 Å². The van der Waals surface area contributed by atoms with Crippen LogP contribution in [0.5, 0.6) is 0 Å². The minimum absolute atomic E-state index is 0.476. The number of hydrogen-bond acceptors (Lipinski definition) is 2. The second-order valence-corrected chi connectivity index (χ2v) is 6.13. The van der Waals surface area contributed by atoms with Gasteiger partial charge in [-0.05, 0) is 24.4 Å². The Labute approximate surface area is 129 Å². The normalized spacial score (nSPS) is 24.4. The number of nitrogens with zero attached hydrogens (tertiary/aromatic N) is 1. The van der Waals surface area contributed by atoms with Gasteiger partial charge >= 0.3 is 0 Å². The van der Waals surface area contributed by atoms with E-state index in [9.17, 15) is 0 Å². The largest absolute Gasteiger partial charge is 0.311 e. The van der Waals surface area contributed by atoms with Crippen LogP contribution < -0.4 is 5.32 Å². The molecule has 2 rings (SSSR count). The van der Waals surface area contributed by atoms with Gasteiger partial charge in [-0.25, -0.2) is 0 Å². The highest BCUT2D eigenvalue weighted by molar-refractivity contribution is 5.20. The molecule has 0 aliphatic carbocycles. The van der Waals surface area contributed by atoms with Crippen molar-refractivity contribution in [2.24, 2.45) is 5.92 Å². The molecule has 1 fully saturated rings.